The maximum atomic E-state index is 4.84. The van der Waals surface area contributed by atoms with E-state index in [1.54, 1.807) is 12.3 Å². The van der Waals surface area contributed by atoms with E-state index in [1.807, 2.05) is 0 Å². The Bertz CT molecular complexity index is 1180. The van der Waals surface area contributed by atoms with Crippen LogP contribution in [0.5, 0.6) is 0 Å². The van der Waals surface area contributed by atoms with Crippen molar-refractivity contribution < 1.29 is 0 Å². The van der Waals surface area contributed by atoms with Crippen LogP contribution in [0.3, 0.4) is 0 Å². The number of rotatable bonds is 3. The molecule has 3 heterocycles. The number of anilines is 2. The van der Waals surface area contributed by atoms with Gasteiger partial charge in [-0.25, -0.2) is 4.99 Å². The van der Waals surface area contributed by atoms with Crippen molar-refractivity contribution in [1.82, 2.24) is 0 Å². The van der Waals surface area contributed by atoms with Crippen LogP contribution in [0.2, 0.25) is 0 Å². The Morgan fingerprint density at radius 1 is 0.900 bits per heavy atom. The molecule has 30 heavy (non-hydrogen) atoms. The molecule has 0 aromatic heterocycles. The third-order valence-corrected chi connectivity index (χ3v) is 7.44. The zero-order chi connectivity index (χ0) is 20.3. The zero-order valence-corrected chi connectivity index (χ0v) is 17.3. The number of benzene rings is 2. The first-order valence-corrected chi connectivity index (χ1v) is 10.8. The number of hydrogen-bond acceptors (Lipinski definition) is 4. The maximum Gasteiger partial charge on any atom is 0.188 e. The molecule has 2 aromatic rings. The molecule has 0 amide bonds. The fourth-order valence-electron chi connectivity index (χ4n) is 6.05. The van der Waals surface area contributed by atoms with Gasteiger partial charge in [-0.1, -0.05) is 62.4 Å². The van der Waals surface area contributed by atoms with Crippen molar-refractivity contribution in [2.75, 3.05) is 9.80 Å². The summed E-state index contributed by atoms with van der Waals surface area (Å²) < 4.78 is 0. The second kappa shape index (κ2) is 6.07. The van der Waals surface area contributed by atoms with E-state index in [2.05, 4.69) is 96.3 Å². The summed E-state index contributed by atoms with van der Waals surface area (Å²) in [4.78, 5) is 14.4. The van der Waals surface area contributed by atoms with Crippen LogP contribution < -0.4 is 9.80 Å². The fourth-order valence-corrected chi connectivity index (χ4v) is 6.05. The Labute approximate surface area is 177 Å². The van der Waals surface area contributed by atoms with Gasteiger partial charge in [0.15, 0.2) is 11.6 Å². The topological polar surface area (TPSA) is 31.2 Å². The number of fused-ring (bicyclic) bond motifs is 7. The van der Waals surface area contributed by atoms with Gasteiger partial charge in [0.2, 0.25) is 0 Å². The van der Waals surface area contributed by atoms with Crippen LogP contribution >= 0.6 is 0 Å². The lowest BCUT2D eigenvalue weighted by Crippen LogP contribution is -2.67. The molecule has 3 aliphatic heterocycles. The molecule has 0 N–H and O–H groups in total. The minimum atomic E-state index is -0.0348. The molecule has 4 nitrogen and oxygen atoms in total. The van der Waals surface area contributed by atoms with Crippen molar-refractivity contribution >= 4 is 23.5 Å². The van der Waals surface area contributed by atoms with Gasteiger partial charge in [0.05, 0.1) is 0 Å². The minimum Gasteiger partial charge on any atom is -0.301 e. The van der Waals surface area contributed by atoms with E-state index >= 15 is 0 Å². The minimum absolute atomic E-state index is 0.0144. The van der Waals surface area contributed by atoms with Gasteiger partial charge in [-0.3, -0.25) is 4.90 Å². The van der Waals surface area contributed by atoms with E-state index in [0.717, 1.165) is 30.2 Å². The van der Waals surface area contributed by atoms with Crippen LogP contribution in [0, 0.1) is 5.41 Å². The van der Waals surface area contributed by atoms with Gasteiger partial charge in [0.1, 0.15) is 6.17 Å². The number of allylic oxidation sites excluding steroid dienone is 2. The molecule has 6 rings (SSSR count). The van der Waals surface area contributed by atoms with Crippen molar-refractivity contribution in [3.8, 4) is 0 Å². The van der Waals surface area contributed by atoms with Crippen LogP contribution in [0.4, 0.5) is 11.4 Å². The number of hydrogen-bond donors (Lipinski definition) is 0. The molecule has 0 radical (unpaired) electrons. The molecule has 0 saturated heterocycles. The Morgan fingerprint density at radius 3 is 2.43 bits per heavy atom. The summed E-state index contributed by atoms with van der Waals surface area (Å²) in [5, 5.41) is 0. The maximum absolute atomic E-state index is 4.84. The summed E-state index contributed by atoms with van der Waals surface area (Å²) >= 11 is 0. The van der Waals surface area contributed by atoms with Crippen molar-refractivity contribution in [2.24, 2.45) is 15.4 Å². The molecule has 3 atom stereocenters. The molecule has 0 bridgehead atoms. The summed E-state index contributed by atoms with van der Waals surface area (Å²) in [5.74, 6) is 4.82. The average molecular weight is 393 g/mol. The first kappa shape index (κ1) is 17.5. The molecular formula is C26H24N4. The highest BCUT2D eigenvalue weighted by Crippen LogP contribution is 2.67. The molecule has 148 valence electrons. The normalized spacial score (nSPS) is 29.9. The van der Waals surface area contributed by atoms with Gasteiger partial charge in [0.25, 0.3) is 0 Å². The monoisotopic (exact) mass is 392 g/mol. The molecule has 0 saturated carbocycles. The van der Waals surface area contributed by atoms with Gasteiger partial charge in [0, 0.05) is 34.5 Å². The van der Waals surface area contributed by atoms with Crippen molar-refractivity contribution in [2.45, 2.75) is 38.3 Å². The molecule has 0 spiro atoms. The van der Waals surface area contributed by atoms with E-state index in [4.69, 9.17) is 9.98 Å². The number of aliphatic imine (C=N–C) groups is 2. The third-order valence-electron chi connectivity index (χ3n) is 7.44. The smallest absolute Gasteiger partial charge is 0.188 e. The van der Waals surface area contributed by atoms with E-state index in [9.17, 15) is 0 Å². The van der Waals surface area contributed by atoms with Crippen molar-refractivity contribution in [1.29, 1.82) is 0 Å². The van der Waals surface area contributed by atoms with Gasteiger partial charge in [-0.2, -0.15) is 4.99 Å². The molecule has 4 aliphatic rings. The number of nitrogens with zero attached hydrogens (tertiary/aromatic N) is 4. The summed E-state index contributed by atoms with van der Waals surface area (Å²) in [6.07, 6.45) is 10.6. The largest absolute Gasteiger partial charge is 0.301 e. The van der Waals surface area contributed by atoms with E-state index in [-0.39, 0.29) is 17.0 Å². The standard InChI is InChI=1S/C26H24N4/c1-3-25-15-16-26(25,4-2)24-29(19-11-6-5-7-12-19)22-23(28-18-10-17-27-22)30(24)21-14-9-8-13-20(21)25/h5-17,24H,3-4H2,1-2H3. The summed E-state index contributed by atoms with van der Waals surface area (Å²) in [5.41, 5.74) is 3.74. The Morgan fingerprint density at radius 2 is 1.70 bits per heavy atom. The van der Waals surface area contributed by atoms with Crippen LogP contribution in [0.1, 0.15) is 32.3 Å². The third kappa shape index (κ3) is 1.88. The quantitative estimate of drug-likeness (QED) is 0.655. The lowest BCUT2D eigenvalue weighted by atomic mass is 9.47. The first-order chi connectivity index (χ1) is 14.8. The SMILES string of the molecule is CCC12C=CC1(CC)C1N(c3ccccc3)C3=C(N=C=CC=N3)N1c1ccccc12. The summed E-state index contributed by atoms with van der Waals surface area (Å²) in [6, 6.07) is 19.4. The van der Waals surface area contributed by atoms with E-state index < -0.39 is 0 Å². The van der Waals surface area contributed by atoms with Crippen LogP contribution in [-0.2, 0) is 5.41 Å². The average Bonchev–Trinajstić information content (AvgIpc) is 2.92. The lowest BCUT2D eigenvalue weighted by molar-refractivity contribution is 0.120. The second-order valence-corrected chi connectivity index (χ2v) is 8.35. The highest BCUT2D eigenvalue weighted by molar-refractivity contribution is 5.87. The predicted octanol–water partition coefficient (Wildman–Crippen LogP) is 5.40. The highest BCUT2D eigenvalue weighted by atomic mass is 15.5. The lowest BCUT2D eigenvalue weighted by Gasteiger charge is -2.64. The van der Waals surface area contributed by atoms with Gasteiger partial charge in [-0.05, 0) is 42.5 Å². The molecule has 3 unspecified atom stereocenters. The molecule has 4 heteroatoms. The van der Waals surface area contributed by atoms with Crippen LogP contribution in [-0.4, -0.2) is 18.3 Å². The summed E-state index contributed by atoms with van der Waals surface area (Å²) in [6.45, 7) is 4.64. The van der Waals surface area contributed by atoms with Crippen LogP contribution in [0.15, 0.2) is 94.5 Å². The van der Waals surface area contributed by atoms with Crippen molar-refractivity contribution in [3.05, 3.63) is 90.0 Å². The Balaban J connectivity index is 1.70. The molecule has 0 fully saturated rings. The molecule has 1 aliphatic carbocycles. The molecular weight excluding hydrogens is 368 g/mol. The van der Waals surface area contributed by atoms with Crippen molar-refractivity contribution in [3.63, 3.8) is 0 Å². The predicted molar refractivity (Wildman–Crippen MR) is 123 cm³/mol. The zero-order valence-electron chi connectivity index (χ0n) is 17.3. The van der Waals surface area contributed by atoms with E-state index in [1.165, 1.54) is 11.3 Å². The first-order valence-electron chi connectivity index (χ1n) is 10.8. The highest BCUT2D eigenvalue weighted by Gasteiger charge is 2.66. The van der Waals surface area contributed by atoms with E-state index in [0.29, 0.717) is 0 Å². The Hall–Kier alpha value is -3.36. The van der Waals surface area contributed by atoms with Gasteiger partial charge >= 0.3 is 0 Å². The second-order valence-electron chi connectivity index (χ2n) is 8.35. The van der Waals surface area contributed by atoms with Gasteiger partial charge < -0.3 is 4.90 Å². The molecule has 2 aromatic carbocycles. The Kier molecular flexibility index (Phi) is 3.54. The fraction of sp³-hybridized carbons (Fsp3) is 0.269. The summed E-state index contributed by atoms with van der Waals surface area (Å²) in [7, 11) is 0. The van der Waals surface area contributed by atoms with Crippen LogP contribution in [0.25, 0.3) is 0 Å². The van der Waals surface area contributed by atoms with Gasteiger partial charge in [-0.15, -0.1) is 0 Å². The number of para-hydroxylation sites is 2.